The van der Waals surface area contributed by atoms with E-state index < -0.39 is 0 Å². The van der Waals surface area contributed by atoms with Crippen molar-refractivity contribution in [3.63, 3.8) is 0 Å². The Kier molecular flexibility index (Phi) is 6.82. The molecule has 0 bridgehead atoms. The highest BCUT2D eigenvalue weighted by Crippen LogP contribution is 2.18. The highest BCUT2D eigenvalue weighted by molar-refractivity contribution is 5.76. The minimum atomic E-state index is 0.115. The zero-order chi connectivity index (χ0) is 17.4. The molecule has 0 unspecified atom stereocenters. The summed E-state index contributed by atoms with van der Waals surface area (Å²) in [6.45, 7) is 2.14. The van der Waals surface area contributed by atoms with Gasteiger partial charge in [-0.3, -0.25) is 4.79 Å². The minimum absolute atomic E-state index is 0.115. The second-order valence-corrected chi connectivity index (χ2v) is 6.23. The molecule has 0 heterocycles. The molecule has 0 atom stereocenters. The molecule has 24 heavy (non-hydrogen) atoms. The molecule has 0 spiro atoms. The van der Waals surface area contributed by atoms with E-state index in [9.17, 15) is 9.90 Å². The summed E-state index contributed by atoms with van der Waals surface area (Å²) < 4.78 is 0. The zero-order valence-electron chi connectivity index (χ0n) is 14.5. The summed E-state index contributed by atoms with van der Waals surface area (Å²) in [5.41, 5.74) is 1.95. The molecule has 1 N–H and O–H groups in total. The Hall–Kier alpha value is -2.33. The first-order valence-electron chi connectivity index (χ1n) is 8.29. The number of benzene rings is 2. The molecule has 0 aromatic heterocycles. The third-order valence-electron chi connectivity index (χ3n) is 3.99. The summed E-state index contributed by atoms with van der Waals surface area (Å²) in [7, 11) is 4.01. The minimum Gasteiger partial charge on any atom is -0.508 e. The van der Waals surface area contributed by atoms with Crippen LogP contribution in [0.4, 0.5) is 0 Å². The Morgan fingerprint density at radius 2 is 1.62 bits per heavy atom. The van der Waals surface area contributed by atoms with Crippen LogP contribution in [0.2, 0.25) is 0 Å². The van der Waals surface area contributed by atoms with Gasteiger partial charge in [0.1, 0.15) is 5.75 Å². The van der Waals surface area contributed by atoms with Crippen LogP contribution in [-0.2, 0) is 17.8 Å². The smallest absolute Gasteiger partial charge is 0.223 e. The second kappa shape index (κ2) is 9.08. The number of rotatable bonds is 8. The van der Waals surface area contributed by atoms with Crippen molar-refractivity contribution >= 4 is 5.91 Å². The fourth-order valence-electron chi connectivity index (χ4n) is 2.54. The summed E-state index contributed by atoms with van der Waals surface area (Å²) in [6.07, 6.45) is 0.955. The van der Waals surface area contributed by atoms with Gasteiger partial charge in [-0.1, -0.05) is 48.5 Å². The van der Waals surface area contributed by atoms with E-state index in [0.717, 1.165) is 17.7 Å². The lowest BCUT2D eigenvalue weighted by atomic mass is 10.1. The fourth-order valence-corrected chi connectivity index (χ4v) is 2.54. The molecule has 0 fully saturated rings. The van der Waals surface area contributed by atoms with E-state index in [4.69, 9.17) is 0 Å². The molecule has 2 aromatic carbocycles. The number of carbonyl (C=O) groups excluding carboxylic acids is 1. The van der Waals surface area contributed by atoms with Gasteiger partial charge in [0.25, 0.3) is 0 Å². The molecule has 2 rings (SSSR count). The average molecular weight is 326 g/mol. The number of para-hydroxylation sites is 1. The van der Waals surface area contributed by atoms with Crippen LogP contribution in [0.15, 0.2) is 54.6 Å². The molecule has 2 aromatic rings. The Labute approximate surface area is 144 Å². The number of carbonyl (C=O) groups is 1. The maximum Gasteiger partial charge on any atom is 0.223 e. The molecule has 4 heteroatoms. The molecular formula is C20H26N2O2. The molecule has 0 aliphatic heterocycles. The van der Waals surface area contributed by atoms with Crippen molar-refractivity contribution in [2.24, 2.45) is 0 Å². The summed E-state index contributed by atoms with van der Waals surface area (Å²) in [6, 6.07) is 17.2. The molecule has 128 valence electrons. The van der Waals surface area contributed by atoms with Crippen molar-refractivity contribution in [1.82, 2.24) is 9.80 Å². The monoisotopic (exact) mass is 326 g/mol. The van der Waals surface area contributed by atoms with E-state index in [1.165, 1.54) is 0 Å². The van der Waals surface area contributed by atoms with E-state index in [2.05, 4.69) is 4.90 Å². The Morgan fingerprint density at radius 1 is 0.958 bits per heavy atom. The first kappa shape index (κ1) is 18.0. The Morgan fingerprint density at radius 3 is 2.29 bits per heavy atom. The van der Waals surface area contributed by atoms with E-state index in [1.807, 2.05) is 61.5 Å². The van der Waals surface area contributed by atoms with Crippen LogP contribution in [-0.4, -0.2) is 48.0 Å². The standard InChI is InChI=1S/C20H26N2O2/c1-21(2)14-15-22(16-17-8-4-3-5-9-17)20(24)13-12-18-10-6-7-11-19(18)23/h3-11,23H,12-16H2,1-2H3. The molecule has 0 saturated carbocycles. The highest BCUT2D eigenvalue weighted by atomic mass is 16.3. The van der Waals surface area contributed by atoms with Crippen molar-refractivity contribution in [3.05, 3.63) is 65.7 Å². The van der Waals surface area contributed by atoms with E-state index >= 15 is 0 Å². The second-order valence-electron chi connectivity index (χ2n) is 6.23. The number of likely N-dealkylation sites (N-methyl/N-ethyl adjacent to an activating group) is 1. The van der Waals surface area contributed by atoms with Gasteiger partial charge in [-0.05, 0) is 37.7 Å². The van der Waals surface area contributed by atoms with Crippen LogP contribution >= 0.6 is 0 Å². The summed E-state index contributed by atoms with van der Waals surface area (Å²) in [5, 5.41) is 9.84. The van der Waals surface area contributed by atoms with Crippen molar-refractivity contribution in [1.29, 1.82) is 0 Å². The number of aryl methyl sites for hydroxylation is 1. The van der Waals surface area contributed by atoms with E-state index in [1.54, 1.807) is 12.1 Å². The van der Waals surface area contributed by atoms with Gasteiger partial charge in [0.15, 0.2) is 0 Å². The molecule has 0 saturated heterocycles. The molecule has 0 radical (unpaired) electrons. The van der Waals surface area contributed by atoms with Gasteiger partial charge in [0, 0.05) is 26.1 Å². The normalized spacial score (nSPS) is 10.8. The van der Waals surface area contributed by atoms with Gasteiger partial charge in [-0.15, -0.1) is 0 Å². The number of aromatic hydroxyl groups is 1. The quantitative estimate of drug-likeness (QED) is 0.811. The third-order valence-corrected chi connectivity index (χ3v) is 3.99. The van der Waals surface area contributed by atoms with Gasteiger partial charge in [0.05, 0.1) is 0 Å². The number of hydrogen-bond acceptors (Lipinski definition) is 3. The van der Waals surface area contributed by atoms with Crippen LogP contribution in [0.5, 0.6) is 5.75 Å². The maximum atomic E-state index is 12.7. The number of phenolic OH excluding ortho intramolecular Hbond substituents is 1. The zero-order valence-corrected chi connectivity index (χ0v) is 14.5. The van der Waals surface area contributed by atoms with Gasteiger partial charge < -0.3 is 14.9 Å². The van der Waals surface area contributed by atoms with Gasteiger partial charge in [-0.25, -0.2) is 0 Å². The predicted molar refractivity (Wildman–Crippen MR) is 96.8 cm³/mol. The number of amides is 1. The van der Waals surface area contributed by atoms with Crippen LogP contribution in [0.3, 0.4) is 0 Å². The molecule has 1 amide bonds. The fraction of sp³-hybridized carbons (Fsp3) is 0.350. The van der Waals surface area contributed by atoms with Crippen molar-refractivity contribution in [2.45, 2.75) is 19.4 Å². The van der Waals surface area contributed by atoms with Gasteiger partial charge in [-0.2, -0.15) is 0 Å². The van der Waals surface area contributed by atoms with Crippen molar-refractivity contribution in [2.75, 3.05) is 27.2 Å². The lowest BCUT2D eigenvalue weighted by Crippen LogP contribution is -2.36. The average Bonchev–Trinajstić information content (AvgIpc) is 2.58. The number of hydrogen-bond donors (Lipinski definition) is 1. The van der Waals surface area contributed by atoms with E-state index in [-0.39, 0.29) is 11.7 Å². The first-order chi connectivity index (χ1) is 11.6. The Bertz CT molecular complexity index is 641. The van der Waals surface area contributed by atoms with Crippen LogP contribution < -0.4 is 0 Å². The topological polar surface area (TPSA) is 43.8 Å². The SMILES string of the molecule is CN(C)CCN(Cc1ccccc1)C(=O)CCc1ccccc1O. The van der Waals surface area contributed by atoms with Crippen molar-refractivity contribution in [3.8, 4) is 5.75 Å². The lowest BCUT2D eigenvalue weighted by Gasteiger charge is -2.25. The summed E-state index contributed by atoms with van der Waals surface area (Å²) >= 11 is 0. The maximum absolute atomic E-state index is 12.7. The van der Waals surface area contributed by atoms with Crippen LogP contribution in [0.25, 0.3) is 0 Å². The molecule has 4 nitrogen and oxygen atoms in total. The van der Waals surface area contributed by atoms with Crippen LogP contribution in [0.1, 0.15) is 17.5 Å². The third kappa shape index (κ3) is 5.70. The molecular weight excluding hydrogens is 300 g/mol. The summed E-state index contributed by atoms with van der Waals surface area (Å²) in [5.74, 6) is 0.372. The van der Waals surface area contributed by atoms with E-state index in [0.29, 0.717) is 25.9 Å². The molecule has 0 aliphatic rings. The lowest BCUT2D eigenvalue weighted by molar-refractivity contribution is -0.131. The number of nitrogens with zero attached hydrogens (tertiary/aromatic N) is 2. The largest absolute Gasteiger partial charge is 0.508 e. The van der Waals surface area contributed by atoms with Crippen LogP contribution in [0, 0.1) is 0 Å². The van der Waals surface area contributed by atoms with Gasteiger partial charge in [0.2, 0.25) is 5.91 Å². The van der Waals surface area contributed by atoms with Crippen molar-refractivity contribution < 1.29 is 9.90 Å². The molecule has 0 aliphatic carbocycles. The predicted octanol–water partition coefficient (Wildman–Crippen LogP) is 2.92. The Balaban J connectivity index is 1.99. The highest BCUT2D eigenvalue weighted by Gasteiger charge is 2.15. The first-order valence-corrected chi connectivity index (χ1v) is 8.29. The van der Waals surface area contributed by atoms with Gasteiger partial charge >= 0.3 is 0 Å². The summed E-state index contributed by atoms with van der Waals surface area (Å²) in [4.78, 5) is 16.6. The number of phenols is 1.